The summed E-state index contributed by atoms with van der Waals surface area (Å²) in [6.45, 7) is 3.13. The number of nitrogens with one attached hydrogen (secondary N) is 1. The van der Waals surface area contributed by atoms with Crippen LogP contribution in [0.2, 0.25) is 0 Å². The van der Waals surface area contributed by atoms with Crippen molar-refractivity contribution in [2.24, 2.45) is 0 Å². The molecule has 0 atom stereocenters. The van der Waals surface area contributed by atoms with Crippen molar-refractivity contribution in [3.8, 4) is 0 Å². The highest BCUT2D eigenvalue weighted by Gasteiger charge is 2.22. The van der Waals surface area contributed by atoms with Gasteiger partial charge in [0.15, 0.2) is 0 Å². The van der Waals surface area contributed by atoms with Gasteiger partial charge in [-0.1, -0.05) is 12.1 Å². The molecule has 110 valence electrons. The van der Waals surface area contributed by atoms with Gasteiger partial charge in [0.1, 0.15) is 18.0 Å². The zero-order valence-corrected chi connectivity index (χ0v) is 12.2. The molecule has 3 heterocycles. The highest BCUT2D eigenvalue weighted by molar-refractivity contribution is 5.89. The number of anilines is 1. The number of H-pyrrole nitrogens is 1. The largest absolute Gasteiger partial charge is 0.351 e. The van der Waals surface area contributed by atoms with Crippen molar-refractivity contribution in [2.75, 3.05) is 11.4 Å². The van der Waals surface area contributed by atoms with Crippen LogP contribution in [0.1, 0.15) is 17.1 Å². The summed E-state index contributed by atoms with van der Waals surface area (Å²) in [4.78, 5) is 30.3. The first-order chi connectivity index (χ1) is 10.7. The van der Waals surface area contributed by atoms with Crippen molar-refractivity contribution in [3.63, 3.8) is 0 Å². The molecule has 1 N–H and O–H groups in total. The molecule has 22 heavy (non-hydrogen) atoms. The lowest BCUT2D eigenvalue weighted by molar-refractivity contribution is 0.685. The number of para-hydroxylation sites is 1. The van der Waals surface area contributed by atoms with Gasteiger partial charge in [-0.25, -0.2) is 15.0 Å². The highest BCUT2D eigenvalue weighted by atomic mass is 16.1. The maximum atomic E-state index is 12.2. The predicted octanol–water partition coefficient (Wildman–Crippen LogP) is 1.58. The highest BCUT2D eigenvalue weighted by Crippen LogP contribution is 2.26. The van der Waals surface area contributed by atoms with E-state index < -0.39 is 0 Å². The molecule has 0 radical (unpaired) electrons. The number of aryl methyl sites for hydroxylation is 1. The molecule has 2 aromatic heterocycles. The third kappa shape index (κ3) is 2.04. The lowest BCUT2D eigenvalue weighted by Gasteiger charge is -2.29. The first kappa shape index (κ1) is 12.9. The van der Waals surface area contributed by atoms with Crippen LogP contribution >= 0.6 is 0 Å². The molecule has 0 spiro atoms. The van der Waals surface area contributed by atoms with Gasteiger partial charge in [-0.15, -0.1) is 0 Å². The van der Waals surface area contributed by atoms with Gasteiger partial charge in [-0.3, -0.25) is 4.79 Å². The Morgan fingerprint density at radius 1 is 1.23 bits per heavy atom. The van der Waals surface area contributed by atoms with Crippen LogP contribution in [0.3, 0.4) is 0 Å². The summed E-state index contributed by atoms with van der Waals surface area (Å²) in [5.41, 5.74) is 2.50. The van der Waals surface area contributed by atoms with Gasteiger partial charge >= 0.3 is 0 Å². The van der Waals surface area contributed by atoms with Crippen LogP contribution in [0.25, 0.3) is 10.9 Å². The van der Waals surface area contributed by atoms with Crippen LogP contribution in [-0.2, 0) is 13.0 Å². The number of benzene rings is 1. The number of aromatic nitrogens is 4. The minimum absolute atomic E-state index is 0.0504. The third-order valence-corrected chi connectivity index (χ3v) is 4.01. The van der Waals surface area contributed by atoms with Crippen LogP contribution < -0.4 is 10.5 Å². The summed E-state index contributed by atoms with van der Waals surface area (Å²) in [7, 11) is 0. The average Bonchev–Trinajstić information content (AvgIpc) is 2.54. The molecule has 0 saturated heterocycles. The molecule has 0 aliphatic carbocycles. The third-order valence-electron chi connectivity index (χ3n) is 4.01. The summed E-state index contributed by atoms with van der Waals surface area (Å²) >= 11 is 0. The lowest BCUT2D eigenvalue weighted by Crippen LogP contribution is -2.36. The van der Waals surface area contributed by atoms with Crippen molar-refractivity contribution in [2.45, 2.75) is 19.9 Å². The van der Waals surface area contributed by atoms with E-state index in [0.29, 0.717) is 12.4 Å². The summed E-state index contributed by atoms with van der Waals surface area (Å²) in [5, 5.41) is 1.00. The van der Waals surface area contributed by atoms with Gasteiger partial charge in [0, 0.05) is 18.4 Å². The van der Waals surface area contributed by atoms with Gasteiger partial charge in [0.25, 0.3) is 5.56 Å². The average molecular weight is 293 g/mol. The number of hydrogen-bond donors (Lipinski definition) is 1. The van der Waals surface area contributed by atoms with Crippen LogP contribution in [0.5, 0.6) is 0 Å². The lowest BCUT2D eigenvalue weighted by atomic mass is 10.1. The predicted molar refractivity (Wildman–Crippen MR) is 83.9 cm³/mol. The van der Waals surface area contributed by atoms with Gasteiger partial charge in [0.05, 0.1) is 23.3 Å². The van der Waals surface area contributed by atoms with Crippen LogP contribution in [0.15, 0.2) is 35.4 Å². The van der Waals surface area contributed by atoms with E-state index in [2.05, 4.69) is 24.8 Å². The summed E-state index contributed by atoms with van der Waals surface area (Å²) in [5.74, 6) is 1.54. The summed E-state index contributed by atoms with van der Waals surface area (Å²) in [6, 6.07) is 7.92. The minimum atomic E-state index is -0.0504. The van der Waals surface area contributed by atoms with Crippen molar-refractivity contribution < 1.29 is 0 Å². The van der Waals surface area contributed by atoms with E-state index in [1.165, 1.54) is 0 Å². The second kappa shape index (κ2) is 4.91. The van der Waals surface area contributed by atoms with E-state index in [-0.39, 0.29) is 5.56 Å². The normalized spacial score (nSPS) is 14.1. The molecule has 3 aromatic rings. The van der Waals surface area contributed by atoms with E-state index >= 15 is 0 Å². The Morgan fingerprint density at radius 3 is 3.00 bits per heavy atom. The summed E-state index contributed by atoms with van der Waals surface area (Å²) < 4.78 is 0. The molecule has 0 saturated carbocycles. The van der Waals surface area contributed by atoms with Gasteiger partial charge in [0.2, 0.25) is 0 Å². The van der Waals surface area contributed by atoms with Crippen LogP contribution in [0, 0.1) is 6.92 Å². The van der Waals surface area contributed by atoms with E-state index in [4.69, 9.17) is 0 Å². The standard InChI is InChI=1S/C16H15N5O/c1-10-19-14-6-7-21(8-12(14)16(22)20-10)15-11-4-2-3-5-13(11)17-9-18-15/h2-5,9H,6-8H2,1H3,(H,19,20,22). The number of rotatable bonds is 1. The first-order valence-electron chi connectivity index (χ1n) is 7.26. The van der Waals surface area contributed by atoms with E-state index in [1.807, 2.05) is 31.2 Å². The second-order valence-corrected chi connectivity index (χ2v) is 5.46. The fraction of sp³-hybridized carbons (Fsp3) is 0.250. The molecule has 6 heteroatoms. The SMILES string of the molecule is Cc1nc2c(c(=O)[nH]1)CN(c1ncnc3ccccc13)CC2. The monoisotopic (exact) mass is 293 g/mol. The Bertz CT molecular complexity index is 913. The number of nitrogens with zero attached hydrogens (tertiary/aromatic N) is 4. The zero-order chi connectivity index (χ0) is 15.1. The van der Waals surface area contributed by atoms with E-state index in [0.717, 1.165) is 40.9 Å². The quantitative estimate of drug-likeness (QED) is 0.737. The molecule has 1 aliphatic rings. The van der Waals surface area contributed by atoms with Crippen molar-refractivity contribution in [1.82, 2.24) is 19.9 Å². The van der Waals surface area contributed by atoms with Gasteiger partial charge in [-0.2, -0.15) is 0 Å². The molecule has 1 aliphatic heterocycles. The Labute approximate surface area is 126 Å². The minimum Gasteiger partial charge on any atom is -0.351 e. The Kier molecular flexibility index (Phi) is 2.89. The van der Waals surface area contributed by atoms with E-state index in [1.54, 1.807) is 6.33 Å². The molecule has 0 unspecified atom stereocenters. The smallest absolute Gasteiger partial charge is 0.256 e. The van der Waals surface area contributed by atoms with Crippen molar-refractivity contribution in [3.05, 3.63) is 58.0 Å². The Hall–Kier alpha value is -2.76. The maximum Gasteiger partial charge on any atom is 0.256 e. The van der Waals surface area contributed by atoms with Gasteiger partial charge in [-0.05, 0) is 19.1 Å². The fourth-order valence-corrected chi connectivity index (χ4v) is 2.97. The number of aromatic amines is 1. The Balaban J connectivity index is 1.80. The molecular weight excluding hydrogens is 278 g/mol. The first-order valence-corrected chi connectivity index (χ1v) is 7.26. The molecule has 1 aromatic carbocycles. The maximum absolute atomic E-state index is 12.2. The topological polar surface area (TPSA) is 74.8 Å². The molecule has 0 fully saturated rings. The molecule has 0 bridgehead atoms. The molecule has 4 rings (SSSR count). The molecular formula is C16H15N5O. The second-order valence-electron chi connectivity index (χ2n) is 5.46. The van der Waals surface area contributed by atoms with E-state index in [9.17, 15) is 4.79 Å². The summed E-state index contributed by atoms with van der Waals surface area (Å²) in [6.07, 6.45) is 2.32. The Morgan fingerprint density at radius 2 is 2.09 bits per heavy atom. The van der Waals surface area contributed by atoms with Gasteiger partial charge < -0.3 is 9.88 Å². The molecule has 0 amide bonds. The zero-order valence-electron chi connectivity index (χ0n) is 12.2. The van der Waals surface area contributed by atoms with Crippen molar-refractivity contribution >= 4 is 16.7 Å². The van der Waals surface area contributed by atoms with Crippen LogP contribution in [-0.4, -0.2) is 26.5 Å². The number of fused-ring (bicyclic) bond motifs is 2. The molecule has 6 nitrogen and oxygen atoms in total. The number of hydrogen-bond acceptors (Lipinski definition) is 5. The fourth-order valence-electron chi connectivity index (χ4n) is 2.97. The van der Waals surface area contributed by atoms with Crippen LogP contribution in [0.4, 0.5) is 5.82 Å². The van der Waals surface area contributed by atoms with Crippen molar-refractivity contribution in [1.29, 1.82) is 0 Å².